The fourth-order valence-corrected chi connectivity index (χ4v) is 6.34. The monoisotopic (exact) mass is 532 g/mol. The van der Waals surface area contributed by atoms with E-state index in [1.807, 2.05) is 27.7 Å². The molecule has 36 heavy (non-hydrogen) atoms. The summed E-state index contributed by atoms with van der Waals surface area (Å²) in [4.78, 5) is 62.4. The number of rotatable bonds is 10. The van der Waals surface area contributed by atoms with E-state index in [0.29, 0.717) is 47.9 Å². The third kappa shape index (κ3) is 6.67. The first kappa shape index (κ1) is 27.7. The van der Waals surface area contributed by atoms with Crippen LogP contribution in [0, 0.1) is 0 Å². The molecule has 2 N–H and O–H groups in total. The number of nitrogens with one attached hydrogen (secondary N) is 2. The number of amidine groups is 2. The fraction of sp³-hybridized carbons (Fsp3) is 0.500. The Hall–Kier alpha value is -2.86. The molecule has 0 radical (unpaired) electrons. The van der Waals surface area contributed by atoms with Gasteiger partial charge in [0.05, 0.1) is 0 Å². The average molecular weight is 533 g/mol. The van der Waals surface area contributed by atoms with E-state index in [1.54, 1.807) is 34.1 Å². The molecule has 2 heterocycles. The first-order valence-electron chi connectivity index (χ1n) is 12.1. The number of aliphatic imine (C=N–C) groups is 2. The highest BCUT2D eigenvalue weighted by atomic mass is 32.2. The molecule has 2 fully saturated rings. The van der Waals surface area contributed by atoms with Crippen molar-refractivity contribution in [2.24, 2.45) is 9.98 Å². The van der Waals surface area contributed by atoms with Crippen LogP contribution in [0.1, 0.15) is 40.5 Å². The Morgan fingerprint density at radius 2 is 1.22 bits per heavy atom. The van der Waals surface area contributed by atoms with Gasteiger partial charge in [0.1, 0.15) is 10.5 Å². The van der Waals surface area contributed by atoms with Crippen molar-refractivity contribution < 1.29 is 19.2 Å². The summed E-state index contributed by atoms with van der Waals surface area (Å²) in [7, 11) is 0. The number of nitrogens with zero attached hydrogens (tertiary/aromatic N) is 4. The van der Waals surface area contributed by atoms with E-state index in [9.17, 15) is 19.2 Å². The van der Waals surface area contributed by atoms with Crippen molar-refractivity contribution in [2.75, 3.05) is 36.8 Å². The van der Waals surface area contributed by atoms with Crippen LogP contribution in [0.4, 0.5) is 11.4 Å². The van der Waals surface area contributed by atoms with Crippen LogP contribution in [-0.2, 0) is 19.2 Å². The largest absolute Gasteiger partial charge is 0.326 e. The van der Waals surface area contributed by atoms with E-state index in [2.05, 4.69) is 20.6 Å². The van der Waals surface area contributed by atoms with Crippen LogP contribution in [0.25, 0.3) is 0 Å². The standard InChI is InChI=1S/C24H32N6O4S2/c1-5-25-23-29(7-3)21(33)17(35-23)13-19(31)27-15-10-9-11-16(12-15)28-20(32)14-18-22(34)30(8-4)24(36-18)26-6-2/h9-12,17-18H,5-8,13-14H2,1-4H3,(H,27,31)(H,28,32). The number of carbonyl (C=O) groups excluding carboxylic acids is 4. The number of carbonyl (C=O) groups is 4. The smallest absolute Gasteiger partial charge is 0.242 e. The Balaban J connectivity index is 1.56. The Bertz CT molecular complexity index is 997. The van der Waals surface area contributed by atoms with Crippen molar-refractivity contribution in [3.63, 3.8) is 0 Å². The maximum Gasteiger partial charge on any atom is 0.242 e. The van der Waals surface area contributed by atoms with Crippen molar-refractivity contribution in [3.8, 4) is 0 Å². The van der Waals surface area contributed by atoms with Crippen molar-refractivity contribution in [3.05, 3.63) is 24.3 Å². The number of hydrogen-bond acceptors (Lipinski definition) is 8. The summed E-state index contributed by atoms with van der Waals surface area (Å²) >= 11 is 2.63. The second-order valence-electron chi connectivity index (χ2n) is 7.98. The zero-order chi connectivity index (χ0) is 26.2. The predicted molar refractivity (Wildman–Crippen MR) is 146 cm³/mol. The Morgan fingerprint density at radius 3 is 1.58 bits per heavy atom. The summed E-state index contributed by atoms with van der Waals surface area (Å²) < 4.78 is 0. The normalized spacial score (nSPS) is 22.1. The van der Waals surface area contributed by atoms with Gasteiger partial charge in [-0.15, -0.1) is 0 Å². The summed E-state index contributed by atoms with van der Waals surface area (Å²) in [6, 6.07) is 6.78. The van der Waals surface area contributed by atoms with Gasteiger partial charge in [-0.2, -0.15) is 0 Å². The average Bonchev–Trinajstić information content (AvgIpc) is 3.29. The summed E-state index contributed by atoms with van der Waals surface area (Å²) in [5.41, 5.74) is 1.01. The molecule has 1 aromatic carbocycles. The molecular weight excluding hydrogens is 500 g/mol. The zero-order valence-electron chi connectivity index (χ0n) is 20.9. The lowest BCUT2D eigenvalue weighted by atomic mass is 10.2. The first-order chi connectivity index (χ1) is 17.3. The van der Waals surface area contributed by atoms with Crippen LogP contribution in [0.5, 0.6) is 0 Å². The van der Waals surface area contributed by atoms with Gasteiger partial charge in [0, 0.05) is 50.4 Å². The minimum atomic E-state index is -0.511. The summed E-state index contributed by atoms with van der Waals surface area (Å²) in [5, 5.41) is 5.89. The molecule has 1 aromatic rings. The Kier molecular flexibility index (Phi) is 9.94. The van der Waals surface area contributed by atoms with Crippen LogP contribution in [0.3, 0.4) is 0 Å². The summed E-state index contributed by atoms with van der Waals surface area (Å²) in [6.45, 7) is 9.73. The number of amides is 4. The highest BCUT2D eigenvalue weighted by molar-refractivity contribution is 8.15. The SMILES string of the molecule is CCN=C1SC(CC(=O)Nc2cccc(NC(=O)CC3SC(=NCC)N(CC)C3=O)c2)C(=O)N1CC. The van der Waals surface area contributed by atoms with Gasteiger partial charge in [0.15, 0.2) is 10.3 Å². The van der Waals surface area contributed by atoms with Crippen LogP contribution in [-0.4, -0.2) is 80.4 Å². The molecule has 194 valence electrons. The molecule has 3 rings (SSSR count). The Labute approximate surface area is 219 Å². The molecule has 10 nitrogen and oxygen atoms in total. The lowest BCUT2D eigenvalue weighted by molar-refractivity contribution is -0.128. The van der Waals surface area contributed by atoms with Crippen LogP contribution < -0.4 is 10.6 Å². The van der Waals surface area contributed by atoms with Gasteiger partial charge in [-0.25, -0.2) is 0 Å². The number of hydrogen-bond donors (Lipinski definition) is 2. The van der Waals surface area contributed by atoms with Gasteiger partial charge in [-0.1, -0.05) is 29.6 Å². The van der Waals surface area contributed by atoms with E-state index < -0.39 is 10.5 Å². The second kappa shape index (κ2) is 12.9. The molecule has 0 aromatic heterocycles. The van der Waals surface area contributed by atoms with Gasteiger partial charge in [-0.3, -0.25) is 39.0 Å². The summed E-state index contributed by atoms with van der Waals surface area (Å²) in [5.74, 6) is -0.820. The van der Waals surface area contributed by atoms with Crippen LogP contribution in [0.2, 0.25) is 0 Å². The number of thioether (sulfide) groups is 2. The van der Waals surface area contributed by atoms with E-state index in [0.717, 1.165) is 0 Å². The lowest BCUT2D eigenvalue weighted by Crippen LogP contribution is -2.33. The minimum absolute atomic E-state index is 0.0237. The number of anilines is 2. The van der Waals surface area contributed by atoms with Crippen molar-refractivity contribution in [1.29, 1.82) is 0 Å². The van der Waals surface area contributed by atoms with Crippen molar-refractivity contribution in [2.45, 2.75) is 51.0 Å². The second-order valence-corrected chi connectivity index (χ2v) is 10.3. The molecule has 0 saturated carbocycles. The molecule has 4 amide bonds. The molecule has 2 aliphatic heterocycles. The molecular formula is C24H32N6O4S2. The molecule has 0 bridgehead atoms. The van der Waals surface area contributed by atoms with Gasteiger partial charge in [0.2, 0.25) is 23.6 Å². The number of benzene rings is 1. The van der Waals surface area contributed by atoms with E-state index >= 15 is 0 Å². The molecule has 2 saturated heterocycles. The van der Waals surface area contributed by atoms with Crippen LogP contribution >= 0.6 is 23.5 Å². The van der Waals surface area contributed by atoms with Gasteiger partial charge in [-0.05, 0) is 45.9 Å². The van der Waals surface area contributed by atoms with Gasteiger partial charge in [0.25, 0.3) is 0 Å². The molecule has 0 aliphatic carbocycles. The lowest BCUT2D eigenvalue weighted by Gasteiger charge is -2.13. The Morgan fingerprint density at radius 1 is 0.806 bits per heavy atom. The van der Waals surface area contributed by atoms with Gasteiger partial charge >= 0.3 is 0 Å². The quantitative estimate of drug-likeness (QED) is 0.478. The predicted octanol–water partition coefficient (Wildman–Crippen LogP) is 3.02. The third-order valence-electron chi connectivity index (χ3n) is 5.43. The third-order valence-corrected chi connectivity index (χ3v) is 7.86. The molecule has 0 spiro atoms. The minimum Gasteiger partial charge on any atom is -0.326 e. The molecule has 2 aliphatic rings. The molecule has 2 atom stereocenters. The fourth-order valence-electron chi connectivity index (χ4n) is 3.81. The van der Waals surface area contributed by atoms with Crippen LogP contribution in [0.15, 0.2) is 34.3 Å². The van der Waals surface area contributed by atoms with Crippen molar-refractivity contribution in [1.82, 2.24) is 9.80 Å². The summed E-state index contributed by atoms with van der Waals surface area (Å²) in [6.07, 6.45) is 0.0474. The van der Waals surface area contributed by atoms with E-state index in [1.165, 1.54) is 23.5 Å². The maximum absolute atomic E-state index is 12.6. The van der Waals surface area contributed by atoms with Crippen molar-refractivity contribution >= 4 is 68.9 Å². The maximum atomic E-state index is 12.6. The molecule has 2 unspecified atom stereocenters. The highest BCUT2D eigenvalue weighted by Crippen LogP contribution is 2.31. The zero-order valence-corrected chi connectivity index (χ0v) is 22.6. The first-order valence-corrected chi connectivity index (χ1v) is 13.8. The molecule has 12 heteroatoms. The highest BCUT2D eigenvalue weighted by Gasteiger charge is 2.39. The van der Waals surface area contributed by atoms with E-state index in [4.69, 9.17) is 0 Å². The van der Waals surface area contributed by atoms with E-state index in [-0.39, 0.29) is 36.5 Å². The van der Waals surface area contributed by atoms with Gasteiger partial charge < -0.3 is 10.6 Å². The topological polar surface area (TPSA) is 124 Å².